The van der Waals surface area contributed by atoms with Crippen molar-refractivity contribution in [1.82, 2.24) is 15.6 Å². The first-order valence-electron chi connectivity index (χ1n) is 18.3. The number of benzene rings is 5. The Kier molecular flexibility index (Phi) is 10.1. The van der Waals surface area contributed by atoms with Crippen molar-refractivity contribution in [2.75, 3.05) is 10.2 Å². The Hall–Kier alpha value is -6.29. The van der Waals surface area contributed by atoms with Gasteiger partial charge in [-0.2, -0.15) is 0 Å². The van der Waals surface area contributed by atoms with Gasteiger partial charge in [-0.05, 0) is 60.4 Å². The molecule has 8 rings (SSSR count). The molecule has 270 valence electrons. The van der Waals surface area contributed by atoms with Gasteiger partial charge >= 0.3 is 0 Å². The molecular formula is C45H41N5O4. The van der Waals surface area contributed by atoms with Crippen LogP contribution in [0.5, 0.6) is 11.5 Å². The molecular weight excluding hydrogens is 675 g/mol. The van der Waals surface area contributed by atoms with E-state index in [9.17, 15) is 9.90 Å². The van der Waals surface area contributed by atoms with E-state index in [0.717, 1.165) is 16.7 Å². The van der Waals surface area contributed by atoms with Crippen molar-refractivity contribution in [2.24, 2.45) is 0 Å². The number of aromatic nitrogens is 1. The third kappa shape index (κ3) is 7.59. The zero-order valence-corrected chi connectivity index (χ0v) is 29.6. The number of anilines is 2. The van der Waals surface area contributed by atoms with E-state index in [2.05, 4.69) is 16.0 Å². The summed E-state index contributed by atoms with van der Waals surface area (Å²) in [4.78, 5) is 36.8. The molecule has 0 saturated heterocycles. The Morgan fingerprint density at radius 2 is 1.22 bits per heavy atom. The predicted molar refractivity (Wildman–Crippen MR) is 209 cm³/mol. The van der Waals surface area contributed by atoms with Gasteiger partial charge in [-0.15, -0.1) is 0 Å². The van der Waals surface area contributed by atoms with Gasteiger partial charge in [0.2, 0.25) is 11.8 Å². The average molecular weight is 716 g/mol. The van der Waals surface area contributed by atoms with Crippen molar-refractivity contribution in [3.05, 3.63) is 185 Å². The van der Waals surface area contributed by atoms with Crippen molar-refractivity contribution < 1.29 is 19.4 Å². The summed E-state index contributed by atoms with van der Waals surface area (Å²) in [6.07, 6.45) is 0.715. The van der Waals surface area contributed by atoms with E-state index in [1.807, 2.05) is 140 Å². The lowest BCUT2D eigenvalue weighted by Crippen LogP contribution is -2.54. The second-order valence-corrected chi connectivity index (χ2v) is 13.7. The lowest BCUT2D eigenvalue weighted by atomic mass is 9.89. The van der Waals surface area contributed by atoms with E-state index in [1.54, 1.807) is 17.0 Å². The maximum absolute atomic E-state index is 15.4. The molecule has 2 aliphatic rings. The predicted octanol–water partition coefficient (Wildman–Crippen LogP) is 7.05. The highest BCUT2D eigenvalue weighted by atomic mass is 16.5. The number of nitrogens with one attached hydrogen (secondary N) is 3. The topological polar surface area (TPSA) is 116 Å². The molecule has 5 aromatic carbocycles. The maximum Gasteiger partial charge on any atom is 0.244 e. The van der Waals surface area contributed by atoms with Gasteiger partial charge in [0.25, 0.3) is 0 Å². The first kappa shape index (κ1) is 34.8. The van der Waals surface area contributed by atoms with Crippen LogP contribution in [0.2, 0.25) is 0 Å². The molecule has 0 aliphatic carbocycles. The first-order chi connectivity index (χ1) is 26.5. The van der Waals surface area contributed by atoms with Gasteiger partial charge in [0.05, 0.1) is 53.5 Å². The maximum atomic E-state index is 15.4. The molecule has 0 radical (unpaired) electrons. The summed E-state index contributed by atoms with van der Waals surface area (Å²) in [7, 11) is 0. The van der Waals surface area contributed by atoms with Crippen molar-refractivity contribution in [3.8, 4) is 11.5 Å². The van der Waals surface area contributed by atoms with Gasteiger partial charge < -0.3 is 20.1 Å². The third-order valence-corrected chi connectivity index (χ3v) is 10.1. The number of amides is 2. The molecule has 0 saturated carbocycles. The minimum atomic E-state index is -0.795. The van der Waals surface area contributed by atoms with Crippen LogP contribution >= 0.6 is 0 Å². The summed E-state index contributed by atoms with van der Waals surface area (Å²) in [6.45, 7) is 0.320. The second-order valence-electron chi connectivity index (χ2n) is 13.7. The van der Waals surface area contributed by atoms with Crippen molar-refractivity contribution >= 4 is 23.2 Å². The fraction of sp³-hybridized carbons (Fsp3) is 0.178. The number of phenols is 1. The molecule has 0 unspecified atom stereocenters. The highest BCUT2D eigenvalue weighted by Crippen LogP contribution is 2.40. The number of pyridine rings is 1. The Labute approximate surface area is 314 Å². The van der Waals surface area contributed by atoms with Crippen LogP contribution in [0, 0.1) is 0 Å². The molecule has 9 nitrogen and oxygen atoms in total. The number of phenolic OH excluding ortho intramolecular Hbond substituents is 1. The highest BCUT2D eigenvalue weighted by Gasteiger charge is 2.38. The summed E-state index contributed by atoms with van der Waals surface area (Å²) in [5, 5.41) is 22.3. The SMILES string of the molecule is O=C1Nc2ccccc2N2Cc3cccc(n3)COc3ccccc3[C@H](N[C@@H]1Cc1ccccc1)[C@@H](c1ccccc1O)N[C@H](Cc1ccccc1)C2=O. The smallest absolute Gasteiger partial charge is 0.244 e. The Balaban J connectivity index is 1.40. The van der Waals surface area contributed by atoms with Crippen LogP contribution in [0.4, 0.5) is 11.4 Å². The van der Waals surface area contributed by atoms with Gasteiger partial charge in [-0.1, -0.05) is 115 Å². The quantitative estimate of drug-likeness (QED) is 0.151. The molecule has 4 N–H and O–H groups in total. The van der Waals surface area contributed by atoms with Gasteiger partial charge in [-0.3, -0.25) is 25.2 Å². The van der Waals surface area contributed by atoms with Crippen LogP contribution in [-0.2, 0) is 35.6 Å². The molecule has 2 aliphatic heterocycles. The van der Waals surface area contributed by atoms with Gasteiger partial charge in [0.15, 0.2) is 0 Å². The van der Waals surface area contributed by atoms with Gasteiger partial charge in [0, 0.05) is 11.1 Å². The van der Waals surface area contributed by atoms with Crippen LogP contribution in [0.15, 0.2) is 152 Å². The van der Waals surface area contributed by atoms with Gasteiger partial charge in [0.1, 0.15) is 18.1 Å². The summed E-state index contributed by atoms with van der Waals surface area (Å²) in [5.74, 6) is 0.164. The van der Waals surface area contributed by atoms with E-state index >= 15 is 4.79 Å². The molecule has 0 fully saturated rings. The molecule has 4 bridgehead atoms. The highest BCUT2D eigenvalue weighted by molar-refractivity contribution is 6.04. The first-order valence-corrected chi connectivity index (χ1v) is 18.3. The lowest BCUT2D eigenvalue weighted by molar-refractivity contribution is -0.121. The number of ether oxygens (including phenoxy) is 1. The molecule has 2 amide bonds. The second kappa shape index (κ2) is 15.8. The normalized spacial score (nSPS) is 20.1. The van der Waals surface area contributed by atoms with Crippen molar-refractivity contribution in [2.45, 2.75) is 50.2 Å². The number of rotatable bonds is 5. The Morgan fingerprint density at radius 1 is 0.630 bits per heavy atom. The van der Waals surface area contributed by atoms with Crippen LogP contribution in [0.1, 0.15) is 45.7 Å². The number of hydrogen-bond donors (Lipinski definition) is 4. The number of para-hydroxylation sites is 4. The number of carbonyl (C=O) groups excluding carboxylic acids is 2. The number of nitrogens with zero attached hydrogens (tertiary/aromatic N) is 2. The number of hydrogen-bond acceptors (Lipinski definition) is 7. The van der Waals surface area contributed by atoms with Crippen molar-refractivity contribution in [1.29, 1.82) is 0 Å². The van der Waals surface area contributed by atoms with Crippen LogP contribution < -0.4 is 25.6 Å². The summed E-state index contributed by atoms with van der Waals surface area (Å²) in [6, 6.07) is 44.8. The van der Waals surface area contributed by atoms with Crippen LogP contribution in [-0.4, -0.2) is 34.0 Å². The number of aromatic hydroxyl groups is 1. The average Bonchev–Trinajstić information content (AvgIpc) is 3.20. The zero-order valence-electron chi connectivity index (χ0n) is 29.6. The molecule has 3 heterocycles. The molecule has 0 spiro atoms. The molecule has 1 aromatic heterocycles. The minimum Gasteiger partial charge on any atom is -0.508 e. The van der Waals surface area contributed by atoms with E-state index in [0.29, 0.717) is 46.9 Å². The van der Waals surface area contributed by atoms with Crippen LogP contribution in [0.25, 0.3) is 0 Å². The van der Waals surface area contributed by atoms with E-state index in [-0.39, 0.29) is 30.7 Å². The zero-order chi connectivity index (χ0) is 36.9. The van der Waals surface area contributed by atoms with E-state index in [1.165, 1.54) is 0 Å². The Bertz CT molecular complexity index is 2250. The molecule has 9 heteroatoms. The largest absolute Gasteiger partial charge is 0.508 e. The molecule has 6 aromatic rings. The lowest BCUT2D eigenvalue weighted by Gasteiger charge is -2.38. The fourth-order valence-corrected chi connectivity index (χ4v) is 7.44. The Morgan fingerprint density at radius 3 is 1.98 bits per heavy atom. The number of fused-ring (bicyclic) bond motifs is 11. The molecule has 4 atom stereocenters. The summed E-state index contributed by atoms with van der Waals surface area (Å²) in [5.41, 5.74) is 5.68. The minimum absolute atomic E-state index is 0.0600. The standard InChI is InChI=1S/C45H41N5O4/c51-40-24-11-7-20-34(40)42-43-35-21-8-12-25-41(35)54-29-33-19-13-18-32(46-33)28-50(45(53)38(48-42)27-31-16-5-2-6-17-31)39-23-10-9-22-36(39)49-44(52)37(47-43)26-30-14-3-1-4-15-30/h1-25,37-38,42-43,47-48,51H,26-29H2,(H,49,52)/t37-,38-,42-,43+/m1/s1. The van der Waals surface area contributed by atoms with Gasteiger partial charge in [-0.25, -0.2) is 0 Å². The third-order valence-electron chi connectivity index (χ3n) is 10.1. The summed E-state index contributed by atoms with van der Waals surface area (Å²) < 4.78 is 6.57. The molecule has 54 heavy (non-hydrogen) atoms. The fourth-order valence-electron chi connectivity index (χ4n) is 7.44. The summed E-state index contributed by atoms with van der Waals surface area (Å²) >= 11 is 0. The monoisotopic (exact) mass is 715 g/mol. The number of carbonyl (C=O) groups is 2. The van der Waals surface area contributed by atoms with Crippen LogP contribution in [0.3, 0.4) is 0 Å². The van der Waals surface area contributed by atoms with E-state index < -0.39 is 24.2 Å². The van der Waals surface area contributed by atoms with Crippen molar-refractivity contribution in [3.63, 3.8) is 0 Å². The van der Waals surface area contributed by atoms with E-state index in [4.69, 9.17) is 9.72 Å².